The predicted octanol–water partition coefficient (Wildman–Crippen LogP) is 4.75. The molecule has 0 aliphatic heterocycles. The molecule has 0 radical (unpaired) electrons. The van der Waals surface area contributed by atoms with Crippen LogP contribution in [0.2, 0.25) is 0 Å². The third-order valence-electron chi connectivity index (χ3n) is 3.77. The van der Waals surface area contributed by atoms with E-state index < -0.39 is 52.3 Å². The zero-order valence-electron chi connectivity index (χ0n) is 14.6. The Morgan fingerprint density at radius 3 is 2.13 bits per heavy atom. The first-order chi connectivity index (χ1) is 14.1. The number of hydrogen-bond acceptors (Lipinski definition) is 3. The first-order valence-electron chi connectivity index (χ1n) is 8.05. The van der Waals surface area contributed by atoms with E-state index in [1.807, 2.05) is 0 Å². The van der Waals surface area contributed by atoms with Gasteiger partial charge in [-0.05, 0) is 18.2 Å². The van der Waals surface area contributed by atoms with E-state index in [0.29, 0.717) is 5.75 Å². The van der Waals surface area contributed by atoms with Gasteiger partial charge in [0.2, 0.25) is 0 Å². The number of carbonyl (C=O) groups excluding carboxylic acids is 1. The van der Waals surface area contributed by atoms with Gasteiger partial charge in [-0.2, -0.15) is 18.3 Å². The van der Waals surface area contributed by atoms with E-state index in [1.54, 1.807) is 30.3 Å². The van der Waals surface area contributed by atoms with Crippen molar-refractivity contribution in [1.82, 2.24) is 9.78 Å². The van der Waals surface area contributed by atoms with Crippen LogP contribution in [0.4, 0.5) is 36.4 Å². The molecule has 5 nitrogen and oxygen atoms in total. The second kappa shape index (κ2) is 8.05. The van der Waals surface area contributed by atoms with Gasteiger partial charge in [0.05, 0.1) is 0 Å². The van der Waals surface area contributed by atoms with Gasteiger partial charge in [0.25, 0.3) is 5.91 Å². The van der Waals surface area contributed by atoms with E-state index >= 15 is 0 Å². The van der Waals surface area contributed by atoms with Gasteiger partial charge in [-0.25, -0.2) is 22.2 Å². The lowest BCUT2D eigenvalue weighted by atomic mass is 10.1. The third-order valence-corrected chi connectivity index (χ3v) is 3.77. The fourth-order valence-electron chi connectivity index (χ4n) is 2.38. The van der Waals surface area contributed by atoms with E-state index in [0.717, 1.165) is 10.7 Å². The SMILES string of the molecule is O=C(Nc1c(F)c(F)c(C(F)(F)F)c(F)c1F)c1ccn(COc2ccccc2)n1. The van der Waals surface area contributed by atoms with Crippen LogP contribution in [-0.4, -0.2) is 15.7 Å². The second-order valence-electron chi connectivity index (χ2n) is 5.78. The normalized spacial score (nSPS) is 11.4. The van der Waals surface area contributed by atoms with Gasteiger partial charge in [0.1, 0.15) is 17.0 Å². The van der Waals surface area contributed by atoms with Gasteiger partial charge in [-0.15, -0.1) is 0 Å². The Labute approximate surface area is 163 Å². The lowest BCUT2D eigenvalue weighted by Gasteiger charge is -2.14. The number of ether oxygens (including phenoxy) is 1. The van der Waals surface area contributed by atoms with Crippen molar-refractivity contribution in [2.45, 2.75) is 12.9 Å². The summed E-state index contributed by atoms with van der Waals surface area (Å²) in [5.74, 6) is -11.0. The molecule has 1 aromatic heterocycles. The average molecular weight is 433 g/mol. The third kappa shape index (κ3) is 4.21. The molecule has 3 rings (SSSR count). The van der Waals surface area contributed by atoms with Crippen LogP contribution in [0.25, 0.3) is 0 Å². The molecule has 0 aliphatic carbocycles. The Morgan fingerprint density at radius 1 is 0.967 bits per heavy atom. The second-order valence-corrected chi connectivity index (χ2v) is 5.78. The molecule has 30 heavy (non-hydrogen) atoms. The highest BCUT2D eigenvalue weighted by molar-refractivity contribution is 6.03. The monoisotopic (exact) mass is 433 g/mol. The molecule has 1 heterocycles. The van der Waals surface area contributed by atoms with Gasteiger partial charge < -0.3 is 10.1 Å². The summed E-state index contributed by atoms with van der Waals surface area (Å²) in [6.07, 6.45) is -4.42. The molecule has 0 aliphatic rings. The minimum absolute atomic E-state index is 0.149. The number of hydrogen-bond donors (Lipinski definition) is 1. The lowest BCUT2D eigenvalue weighted by Crippen LogP contribution is -2.20. The summed E-state index contributed by atoms with van der Waals surface area (Å²) >= 11 is 0. The maximum Gasteiger partial charge on any atom is 0.422 e. The van der Waals surface area contributed by atoms with E-state index in [4.69, 9.17) is 4.74 Å². The number of halogens is 7. The quantitative estimate of drug-likeness (QED) is 0.467. The summed E-state index contributed by atoms with van der Waals surface area (Å²) in [7, 11) is 0. The number of alkyl halides is 3. The summed E-state index contributed by atoms with van der Waals surface area (Å²) < 4.78 is 99.3. The molecule has 0 unspecified atom stereocenters. The molecular formula is C18H10F7N3O2. The largest absolute Gasteiger partial charge is 0.471 e. The molecular weight excluding hydrogens is 423 g/mol. The maximum absolute atomic E-state index is 13.9. The fraction of sp³-hybridized carbons (Fsp3) is 0.111. The van der Waals surface area contributed by atoms with Gasteiger partial charge in [0.15, 0.2) is 35.7 Å². The Kier molecular flexibility index (Phi) is 5.67. The molecule has 0 fully saturated rings. The molecule has 0 spiro atoms. The zero-order chi connectivity index (χ0) is 22.1. The van der Waals surface area contributed by atoms with Crippen LogP contribution in [-0.2, 0) is 12.9 Å². The van der Waals surface area contributed by atoms with Crippen molar-refractivity contribution in [2.24, 2.45) is 0 Å². The van der Waals surface area contributed by atoms with E-state index in [2.05, 4.69) is 5.10 Å². The summed E-state index contributed by atoms with van der Waals surface area (Å²) in [5, 5.41) is 5.24. The number of para-hydroxylation sites is 1. The molecule has 0 atom stereocenters. The molecule has 0 bridgehead atoms. The van der Waals surface area contributed by atoms with E-state index in [1.165, 1.54) is 11.5 Å². The summed E-state index contributed by atoms with van der Waals surface area (Å²) in [6, 6.07) is 9.57. The molecule has 12 heteroatoms. The number of rotatable bonds is 5. The minimum atomic E-state index is -5.68. The Hall–Kier alpha value is -3.57. The van der Waals surface area contributed by atoms with Crippen molar-refractivity contribution in [3.05, 3.63) is 77.1 Å². The summed E-state index contributed by atoms with van der Waals surface area (Å²) in [6.45, 7) is -0.149. The Morgan fingerprint density at radius 2 is 1.57 bits per heavy atom. The molecule has 3 aromatic rings. The fourth-order valence-corrected chi connectivity index (χ4v) is 2.38. The van der Waals surface area contributed by atoms with Crippen molar-refractivity contribution in [2.75, 3.05) is 5.32 Å². The smallest absolute Gasteiger partial charge is 0.422 e. The van der Waals surface area contributed by atoms with Crippen molar-refractivity contribution in [3.8, 4) is 5.75 Å². The van der Waals surface area contributed by atoms with Crippen molar-refractivity contribution >= 4 is 11.6 Å². The first kappa shape index (κ1) is 21.1. The molecule has 0 saturated carbocycles. The van der Waals surface area contributed by atoms with E-state index in [9.17, 15) is 35.5 Å². The number of nitrogens with zero attached hydrogens (tertiary/aromatic N) is 2. The highest BCUT2D eigenvalue weighted by Crippen LogP contribution is 2.38. The Bertz CT molecular complexity index is 1050. The average Bonchev–Trinajstić information content (AvgIpc) is 3.17. The number of carbonyl (C=O) groups is 1. The van der Waals surface area contributed by atoms with Gasteiger partial charge in [0, 0.05) is 6.20 Å². The number of nitrogens with one attached hydrogen (secondary N) is 1. The van der Waals surface area contributed by atoms with Crippen LogP contribution in [0, 0.1) is 23.3 Å². The van der Waals surface area contributed by atoms with Crippen LogP contribution in [0.5, 0.6) is 5.75 Å². The maximum atomic E-state index is 13.9. The molecule has 2 aromatic carbocycles. The van der Waals surface area contributed by atoms with Gasteiger partial charge in [-0.3, -0.25) is 4.79 Å². The first-order valence-corrected chi connectivity index (χ1v) is 8.05. The highest BCUT2D eigenvalue weighted by atomic mass is 19.4. The topological polar surface area (TPSA) is 56.2 Å². The summed E-state index contributed by atoms with van der Waals surface area (Å²) in [5.41, 5.74) is -4.89. The van der Waals surface area contributed by atoms with Crippen LogP contribution in [0.3, 0.4) is 0 Å². The van der Waals surface area contributed by atoms with Crippen LogP contribution < -0.4 is 10.1 Å². The Balaban J connectivity index is 1.79. The number of aromatic nitrogens is 2. The lowest BCUT2D eigenvalue weighted by molar-refractivity contribution is -0.143. The zero-order valence-corrected chi connectivity index (χ0v) is 14.6. The number of amides is 1. The molecule has 1 N–H and O–H groups in total. The van der Waals surface area contributed by atoms with Crippen molar-refractivity contribution < 1.29 is 40.3 Å². The highest BCUT2D eigenvalue weighted by Gasteiger charge is 2.42. The number of benzene rings is 2. The molecule has 158 valence electrons. The van der Waals surface area contributed by atoms with Crippen molar-refractivity contribution in [3.63, 3.8) is 0 Å². The van der Waals surface area contributed by atoms with Crippen molar-refractivity contribution in [1.29, 1.82) is 0 Å². The predicted molar refractivity (Wildman–Crippen MR) is 88.5 cm³/mol. The minimum Gasteiger partial charge on any atom is -0.471 e. The number of anilines is 1. The summed E-state index contributed by atoms with van der Waals surface area (Å²) in [4.78, 5) is 12.1. The van der Waals surface area contributed by atoms with Crippen LogP contribution in [0.1, 0.15) is 16.1 Å². The molecule has 0 saturated heterocycles. The van der Waals surface area contributed by atoms with Gasteiger partial charge >= 0.3 is 6.18 Å². The van der Waals surface area contributed by atoms with Crippen LogP contribution >= 0.6 is 0 Å². The van der Waals surface area contributed by atoms with Gasteiger partial charge in [-0.1, -0.05) is 18.2 Å². The standard InChI is InChI=1S/C18H10F7N3O2/c19-12-11(18(23,24)25)13(20)15(22)16(14(12)21)26-17(29)10-6-7-28(27-10)8-30-9-4-2-1-3-5-9/h1-7H,8H2,(H,26,29). The molecule has 1 amide bonds. The van der Waals surface area contributed by atoms with Crippen LogP contribution in [0.15, 0.2) is 42.6 Å². The van der Waals surface area contributed by atoms with E-state index in [-0.39, 0.29) is 6.73 Å².